The van der Waals surface area contributed by atoms with E-state index in [9.17, 15) is 9.59 Å². The van der Waals surface area contributed by atoms with Crippen molar-refractivity contribution in [1.82, 2.24) is 24.8 Å². The SMILES string of the molecule is Cc1c(-c2ccc3cnc(Nc4ccc(C5CCN(CC6CCN(C(=O)OC(C)(C)C)CC6)CC5)cc4)nc3c2)cnc2c1N(C(=O)OC(C)(C)C)CCO2. The number of amides is 2. The lowest BCUT2D eigenvalue weighted by Crippen LogP contribution is -2.44. The quantitative estimate of drug-likeness (QED) is 0.205. The van der Waals surface area contributed by atoms with Gasteiger partial charge in [0, 0.05) is 48.7 Å². The van der Waals surface area contributed by atoms with Crippen molar-refractivity contribution in [2.24, 2.45) is 5.92 Å². The van der Waals surface area contributed by atoms with E-state index in [1.807, 2.05) is 77.8 Å². The lowest BCUT2D eigenvalue weighted by Gasteiger charge is -2.38. The summed E-state index contributed by atoms with van der Waals surface area (Å²) >= 11 is 0. The molecule has 12 nitrogen and oxygen atoms in total. The standard InChI is InChI=1S/C43H55N7O5/c1-28-35(26-44-38-37(28)50(22-23-53-38)41(52)55-43(5,6)7)32-8-9-33-25-45-39(47-36(33)24-32)46-34-12-10-30(11-13-34)31-16-18-48(19-17-31)27-29-14-20-49(21-15-29)40(51)54-42(2,3)4/h8-13,24-26,29,31H,14-23,27H2,1-7H3,(H,45,46,47). The number of fused-ring (bicyclic) bond motifs is 2. The normalized spacial score (nSPS) is 17.4. The van der Waals surface area contributed by atoms with E-state index in [4.69, 9.17) is 19.2 Å². The van der Waals surface area contributed by atoms with Crippen LogP contribution in [0.5, 0.6) is 5.88 Å². The summed E-state index contributed by atoms with van der Waals surface area (Å²) in [5.74, 6) is 2.11. The molecule has 1 N–H and O–H groups in total. The fourth-order valence-corrected chi connectivity index (χ4v) is 7.79. The Labute approximate surface area is 324 Å². The Hall–Kier alpha value is -4.97. The molecule has 0 bridgehead atoms. The Balaban J connectivity index is 0.953. The fourth-order valence-electron chi connectivity index (χ4n) is 7.79. The van der Waals surface area contributed by atoms with Crippen molar-refractivity contribution < 1.29 is 23.8 Å². The van der Waals surface area contributed by atoms with Gasteiger partial charge in [-0.15, -0.1) is 0 Å². The number of benzene rings is 2. The van der Waals surface area contributed by atoms with Crippen molar-refractivity contribution in [3.8, 4) is 17.0 Å². The molecule has 5 heterocycles. The number of hydrogen-bond acceptors (Lipinski definition) is 10. The number of carbonyl (C=O) groups is 2. The molecule has 2 fully saturated rings. The molecule has 2 aromatic carbocycles. The van der Waals surface area contributed by atoms with Gasteiger partial charge >= 0.3 is 12.2 Å². The summed E-state index contributed by atoms with van der Waals surface area (Å²) in [6, 6.07) is 14.7. The minimum absolute atomic E-state index is 0.186. The highest BCUT2D eigenvalue weighted by molar-refractivity contribution is 5.94. The zero-order valence-electron chi connectivity index (χ0n) is 33.4. The third kappa shape index (κ3) is 9.29. The van der Waals surface area contributed by atoms with Gasteiger partial charge in [0.05, 0.1) is 12.1 Å². The number of anilines is 3. The van der Waals surface area contributed by atoms with Gasteiger partial charge in [-0.25, -0.2) is 24.5 Å². The molecule has 7 rings (SSSR count). The molecule has 2 aromatic heterocycles. The first-order chi connectivity index (χ1) is 26.2. The van der Waals surface area contributed by atoms with Gasteiger partial charge in [-0.2, -0.15) is 0 Å². The maximum absolute atomic E-state index is 13.1. The number of piperidine rings is 2. The van der Waals surface area contributed by atoms with Crippen molar-refractivity contribution in [2.75, 3.05) is 56.1 Å². The van der Waals surface area contributed by atoms with E-state index in [1.54, 1.807) is 11.1 Å². The van der Waals surface area contributed by atoms with E-state index in [2.05, 4.69) is 44.5 Å². The molecule has 0 unspecified atom stereocenters. The van der Waals surface area contributed by atoms with Gasteiger partial charge < -0.3 is 29.3 Å². The highest BCUT2D eigenvalue weighted by Crippen LogP contribution is 2.40. The molecule has 12 heteroatoms. The van der Waals surface area contributed by atoms with Crippen molar-refractivity contribution in [3.05, 3.63) is 66.0 Å². The lowest BCUT2D eigenvalue weighted by molar-refractivity contribution is 0.0165. The smallest absolute Gasteiger partial charge is 0.415 e. The maximum Gasteiger partial charge on any atom is 0.415 e. The van der Waals surface area contributed by atoms with E-state index in [0.29, 0.717) is 42.5 Å². The molecule has 3 aliphatic rings. The van der Waals surface area contributed by atoms with Crippen molar-refractivity contribution in [3.63, 3.8) is 0 Å². The minimum Gasteiger partial charge on any atom is -0.474 e. The number of likely N-dealkylation sites (tertiary alicyclic amines) is 2. The summed E-state index contributed by atoms with van der Waals surface area (Å²) in [6.45, 7) is 18.9. The van der Waals surface area contributed by atoms with Crippen LogP contribution in [0.3, 0.4) is 0 Å². The monoisotopic (exact) mass is 749 g/mol. The Bertz CT molecular complexity index is 2010. The highest BCUT2D eigenvalue weighted by atomic mass is 16.6. The topological polar surface area (TPSA) is 122 Å². The van der Waals surface area contributed by atoms with Gasteiger partial charge in [-0.1, -0.05) is 24.3 Å². The van der Waals surface area contributed by atoms with Gasteiger partial charge in [0.2, 0.25) is 11.8 Å². The molecule has 55 heavy (non-hydrogen) atoms. The van der Waals surface area contributed by atoms with E-state index in [1.165, 1.54) is 5.56 Å². The van der Waals surface area contributed by atoms with Crippen LogP contribution in [0.4, 0.5) is 26.9 Å². The fraction of sp³-hybridized carbons (Fsp3) is 0.512. The number of carbonyl (C=O) groups excluding carboxylic acids is 2. The number of aromatic nitrogens is 3. The summed E-state index contributed by atoms with van der Waals surface area (Å²) in [6.07, 6.45) is 7.38. The number of nitrogens with one attached hydrogen (secondary N) is 1. The van der Waals surface area contributed by atoms with Gasteiger partial charge in [0.25, 0.3) is 0 Å². The molecule has 0 atom stereocenters. The van der Waals surface area contributed by atoms with E-state index in [-0.39, 0.29) is 6.09 Å². The number of hydrogen-bond donors (Lipinski definition) is 1. The van der Waals surface area contributed by atoms with Crippen LogP contribution < -0.4 is 15.0 Å². The Morgan fingerprint density at radius 2 is 1.53 bits per heavy atom. The number of nitrogens with zero attached hydrogens (tertiary/aromatic N) is 6. The van der Waals surface area contributed by atoms with E-state index < -0.39 is 17.3 Å². The molecule has 292 valence electrons. The highest BCUT2D eigenvalue weighted by Gasteiger charge is 2.32. The van der Waals surface area contributed by atoms with Crippen molar-refractivity contribution >= 4 is 40.4 Å². The second-order valence-electron chi connectivity index (χ2n) is 17.1. The molecule has 4 aromatic rings. The average molecular weight is 750 g/mol. The van der Waals surface area contributed by atoms with Crippen LogP contribution in [0.2, 0.25) is 0 Å². The molecular weight excluding hydrogens is 695 g/mol. The van der Waals surface area contributed by atoms with Crippen LogP contribution >= 0.6 is 0 Å². The molecule has 0 saturated carbocycles. The molecule has 0 aliphatic carbocycles. The third-order valence-corrected chi connectivity index (χ3v) is 10.6. The summed E-state index contributed by atoms with van der Waals surface area (Å²) in [5.41, 5.74) is 5.35. The predicted molar refractivity (Wildman–Crippen MR) is 215 cm³/mol. The third-order valence-electron chi connectivity index (χ3n) is 10.6. The Morgan fingerprint density at radius 3 is 2.22 bits per heavy atom. The summed E-state index contributed by atoms with van der Waals surface area (Å²) < 4.78 is 17.1. The van der Waals surface area contributed by atoms with Crippen LogP contribution in [0.15, 0.2) is 54.9 Å². The van der Waals surface area contributed by atoms with E-state index in [0.717, 1.165) is 91.7 Å². The van der Waals surface area contributed by atoms with Gasteiger partial charge in [-0.3, -0.25) is 4.90 Å². The van der Waals surface area contributed by atoms with Crippen LogP contribution in [0.25, 0.3) is 22.0 Å². The zero-order valence-corrected chi connectivity index (χ0v) is 33.4. The van der Waals surface area contributed by atoms with E-state index >= 15 is 0 Å². The molecule has 0 radical (unpaired) electrons. The van der Waals surface area contributed by atoms with Crippen LogP contribution in [-0.4, -0.2) is 94.0 Å². The summed E-state index contributed by atoms with van der Waals surface area (Å²) in [4.78, 5) is 45.7. The molecule has 2 amide bonds. The first-order valence-electron chi connectivity index (χ1n) is 19.7. The van der Waals surface area contributed by atoms with Crippen LogP contribution in [-0.2, 0) is 9.47 Å². The number of pyridine rings is 1. The van der Waals surface area contributed by atoms with Gasteiger partial charge in [0.15, 0.2) is 0 Å². The van der Waals surface area contributed by atoms with Gasteiger partial charge in [-0.05, 0) is 134 Å². The Morgan fingerprint density at radius 1 is 0.836 bits per heavy atom. The van der Waals surface area contributed by atoms with Crippen molar-refractivity contribution in [2.45, 2.75) is 91.3 Å². The average Bonchev–Trinajstić information content (AvgIpc) is 3.14. The lowest BCUT2D eigenvalue weighted by atomic mass is 9.88. The van der Waals surface area contributed by atoms with Crippen LogP contribution in [0, 0.1) is 12.8 Å². The largest absolute Gasteiger partial charge is 0.474 e. The first kappa shape index (κ1) is 38.3. The van der Waals surface area contributed by atoms with Crippen molar-refractivity contribution in [1.29, 1.82) is 0 Å². The predicted octanol–water partition coefficient (Wildman–Crippen LogP) is 8.70. The van der Waals surface area contributed by atoms with Gasteiger partial charge in [0.1, 0.15) is 23.5 Å². The maximum atomic E-state index is 13.1. The molecule has 3 aliphatic heterocycles. The first-order valence-corrected chi connectivity index (χ1v) is 19.7. The summed E-state index contributed by atoms with van der Waals surface area (Å²) in [5, 5.41) is 4.32. The number of rotatable bonds is 6. The molecule has 0 spiro atoms. The Kier molecular flexibility index (Phi) is 10.9. The second kappa shape index (κ2) is 15.6. The molecular formula is C43H55N7O5. The van der Waals surface area contributed by atoms with Crippen LogP contribution in [0.1, 0.15) is 84.3 Å². The second-order valence-corrected chi connectivity index (χ2v) is 17.1. The number of ether oxygens (including phenoxy) is 3. The zero-order chi connectivity index (χ0) is 38.9. The summed E-state index contributed by atoms with van der Waals surface area (Å²) in [7, 11) is 0. The molecule has 2 saturated heterocycles. The minimum atomic E-state index is -0.619.